The van der Waals surface area contributed by atoms with Gasteiger partial charge in [-0.1, -0.05) is 40.2 Å². The summed E-state index contributed by atoms with van der Waals surface area (Å²) in [5.74, 6) is -0.441. The molecule has 0 fully saturated rings. The number of carbonyl (C=O) groups excluding carboxylic acids is 1. The Balaban J connectivity index is 1.86. The number of anilines is 1. The standard InChI is InChI=1S/C25H19BrFN3O5/c1-2-34-23-11-17(21(26)13-24(23)35-15-16-6-3-4-9-22(16)27)10-18(14-28)25(31)29-19-7-5-8-20(12-19)30(32)33/h3-13H,2,15H2,1H3,(H,29,31)/b18-10+. The summed E-state index contributed by atoms with van der Waals surface area (Å²) >= 11 is 3.40. The average Bonchev–Trinajstić information content (AvgIpc) is 2.84. The molecular formula is C25H19BrFN3O5. The van der Waals surface area contributed by atoms with Crippen molar-refractivity contribution in [1.82, 2.24) is 0 Å². The predicted molar refractivity (Wildman–Crippen MR) is 131 cm³/mol. The third kappa shape index (κ3) is 6.65. The zero-order valence-corrected chi connectivity index (χ0v) is 20.0. The Morgan fingerprint density at radius 1 is 1.17 bits per heavy atom. The van der Waals surface area contributed by atoms with E-state index in [1.807, 2.05) is 6.07 Å². The topological polar surface area (TPSA) is 114 Å². The maximum absolute atomic E-state index is 13.9. The van der Waals surface area contributed by atoms with Crippen LogP contribution in [0.4, 0.5) is 15.8 Å². The molecule has 8 nitrogen and oxygen atoms in total. The van der Waals surface area contributed by atoms with Gasteiger partial charge in [-0.15, -0.1) is 0 Å². The molecule has 0 atom stereocenters. The molecule has 0 saturated heterocycles. The molecule has 178 valence electrons. The lowest BCUT2D eigenvalue weighted by Crippen LogP contribution is -2.13. The summed E-state index contributed by atoms with van der Waals surface area (Å²) < 4.78 is 25.8. The molecule has 0 saturated carbocycles. The minimum absolute atomic E-state index is 0.0244. The summed E-state index contributed by atoms with van der Waals surface area (Å²) in [5, 5.41) is 23.0. The van der Waals surface area contributed by atoms with Crippen LogP contribution in [0.1, 0.15) is 18.1 Å². The minimum Gasteiger partial charge on any atom is -0.490 e. The molecule has 1 N–H and O–H groups in total. The number of rotatable bonds is 9. The van der Waals surface area contributed by atoms with Crippen molar-refractivity contribution in [2.75, 3.05) is 11.9 Å². The highest BCUT2D eigenvalue weighted by molar-refractivity contribution is 9.10. The molecule has 35 heavy (non-hydrogen) atoms. The Morgan fingerprint density at radius 2 is 1.91 bits per heavy atom. The number of nitro benzene ring substituents is 1. The van der Waals surface area contributed by atoms with Gasteiger partial charge in [0.25, 0.3) is 11.6 Å². The van der Waals surface area contributed by atoms with E-state index in [0.717, 1.165) is 0 Å². The molecule has 3 aromatic rings. The number of carbonyl (C=O) groups is 1. The van der Waals surface area contributed by atoms with Crippen LogP contribution in [0.2, 0.25) is 0 Å². The SMILES string of the molecule is CCOc1cc(/C=C(\C#N)C(=O)Nc2cccc([N+](=O)[O-])c2)c(Br)cc1OCc1ccccc1F. The van der Waals surface area contributed by atoms with Gasteiger partial charge in [-0.25, -0.2) is 4.39 Å². The number of nitro groups is 1. The minimum atomic E-state index is -0.738. The van der Waals surface area contributed by atoms with E-state index in [-0.39, 0.29) is 23.6 Å². The molecule has 0 aliphatic rings. The van der Waals surface area contributed by atoms with E-state index in [0.29, 0.717) is 33.7 Å². The molecule has 0 aliphatic carbocycles. The van der Waals surface area contributed by atoms with Crippen molar-refractivity contribution in [3.05, 3.63) is 97.8 Å². The normalized spacial score (nSPS) is 10.9. The van der Waals surface area contributed by atoms with Gasteiger partial charge >= 0.3 is 0 Å². The van der Waals surface area contributed by atoms with E-state index in [1.165, 1.54) is 36.4 Å². The Bertz CT molecular complexity index is 1340. The molecule has 0 spiro atoms. The van der Waals surface area contributed by atoms with E-state index >= 15 is 0 Å². The van der Waals surface area contributed by atoms with Crippen molar-refractivity contribution >= 4 is 39.3 Å². The molecule has 0 bridgehead atoms. The van der Waals surface area contributed by atoms with Crippen molar-refractivity contribution in [3.8, 4) is 17.6 Å². The second kappa shape index (κ2) is 11.8. The van der Waals surface area contributed by atoms with Crippen molar-refractivity contribution in [3.63, 3.8) is 0 Å². The number of nitriles is 1. The zero-order valence-electron chi connectivity index (χ0n) is 18.5. The third-order valence-electron chi connectivity index (χ3n) is 4.68. The van der Waals surface area contributed by atoms with Crippen molar-refractivity contribution in [1.29, 1.82) is 5.26 Å². The number of hydrogen-bond donors (Lipinski definition) is 1. The van der Waals surface area contributed by atoms with Gasteiger partial charge in [-0.3, -0.25) is 14.9 Å². The number of amides is 1. The number of nitrogens with one attached hydrogen (secondary N) is 1. The smallest absolute Gasteiger partial charge is 0.271 e. The second-order valence-electron chi connectivity index (χ2n) is 7.06. The molecule has 1 amide bonds. The Morgan fingerprint density at radius 3 is 2.60 bits per heavy atom. The lowest BCUT2D eigenvalue weighted by molar-refractivity contribution is -0.384. The van der Waals surface area contributed by atoms with Crippen LogP contribution in [-0.2, 0) is 11.4 Å². The number of hydrogen-bond acceptors (Lipinski definition) is 6. The Kier molecular flexibility index (Phi) is 8.53. The van der Waals surface area contributed by atoms with Crippen LogP contribution in [0, 0.1) is 27.3 Å². The number of non-ortho nitro benzene ring substituents is 1. The van der Waals surface area contributed by atoms with Crippen LogP contribution < -0.4 is 14.8 Å². The lowest BCUT2D eigenvalue weighted by atomic mass is 10.1. The third-order valence-corrected chi connectivity index (χ3v) is 5.37. The van der Waals surface area contributed by atoms with Crippen LogP contribution in [0.15, 0.2) is 70.7 Å². The van der Waals surface area contributed by atoms with E-state index in [4.69, 9.17) is 9.47 Å². The number of nitrogens with zero attached hydrogens (tertiary/aromatic N) is 2. The van der Waals surface area contributed by atoms with Crippen LogP contribution in [0.3, 0.4) is 0 Å². The largest absolute Gasteiger partial charge is 0.490 e. The molecule has 10 heteroatoms. The van der Waals surface area contributed by atoms with Gasteiger partial charge < -0.3 is 14.8 Å². The molecule has 0 aliphatic heterocycles. The van der Waals surface area contributed by atoms with Gasteiger partial charge in [0.2, 0.25) is 0 Å². The Hall–Kier alpha value is -4.23. The average molecular weight is 540 g/mol. The number of halogens is 2. The first-order valence-electron chi connectivity index (χ1n) is 10.3. The maximum Gasteiger partial charge on any atom is 0.271 e. The first kappa shape index (κ1) is 25.4. The van der Waals surface area contributed by atoms with Gasteiger partial charge in [0.05, 0.1) is 11.5 Å². The van der Waals surface area contributed by atoms with Gasteiger partial charge in [0, 0.05) is 27.9 Å². The quantitative estimate of drug-likeness (QED) is 0.154. The summed E-state index contributed by atoms with van der Waals surface area (Å²) in [7, 11) is 0. The number of benzene rings is 3. The maximum atomic E-state index is 13.9. The predicted octanol–water partition coefficient (Wildman–Crippen LogP) is 6.02. The Labute approximate surface area is 208 Å². The van der Waals surface area contributed by atoms with Gasteiger partial charge in [0.1, 0.15) is 24.1 Å². The summed E-state index contributed by atoms with van der Waals surface area (Å²) in [6.45, 7) is 2.08. The molecule has 3 rings (SSSR count). The van der Waals surface area contributed by atoms with Gasteiger partial charge in [-0.2, -0.15) is 5.26 Å². The fraction of sp³-hybridized carbons (Fsp3) is 0.120. The monoisotopic (exact) mass is 539 g/mol. The fourth-order valence-corrected chi connectivity index (χ4v) is 3.45. The first-order chi connectivity index (χ1) is 16.8. The van der Waals surface area contributed by atoms with E-state index in [9.17, 15) is 24.6 Å². The van der Waals surface area contributed by atoms with Crippen molar-refractivity contribution in [2.24, 2.45) is 0 Å². The van der Waals surface area contributed by atoms with Crippen LogP contribution in [0.25, 0.3) is 6.08 Å². The van der Waals surface area contributed by atoms with E-state index in [1.54, 1.807) is 37.3 Å². The fourth-order valence-electron chi connectivity index (χ4n) is 3.01. The summed E-state index contributed by atoms with van der Waals surface area (Å²) in [5.41, 5.74) is 0.577. The molecule has 0 unspecified atom stereocenters. The lowest BCUT2D eigenvalue weighted by Gasteiger charge is -2.14. The molecule has 0 radical (unpaired) electrons. The summed E-state index contributed by atoms with van der Waals surface area (Å²) in [6.07, 6.45) is 1.35. The van der Waals surface area contributed by atoms with Crippen molar-refractivity contribution in [2.45, 2.75) is 13.5 Å². The highest BCUT2D eigenvalue weighted by atomic mass is 79.9. The zero-order chi connectivity index (χ0) is 25.4. The van der Waals surface area contributed by atoms with E-state index < -0.39 is 16.6 Å². The van der Waals surface area contributed by atoms with Gasteiger partial charge in [0.15, 0.2) is 11.5 Å². The second-order valence-corrected chi connectivity index (χ2v) is 7.92. The molecule has 0 heterocycles. The van der Waals surface area contributed by atoms with Crippen LogP contribution in [-0.4, -0.2) is 17.4 Å². The molecular weight excluding hydrogens is 521 g/mol. The highest BCUT2D eigenvalue weighted by Gasteiger charge is 2.16. The van der Waals surface area contributed by atoms with Crippen LogP contribution in [0.5, 0.6) is 11.5 Å². The first-order valence-corrected chi connectivity index (χ1v) is 11.1. The summed E-state index contributed by atoms with van der Waals surface area (Å²) in [6, 6.07) is 16.7. The molecule has 3 aromatic carbocycles. The van der Waals surface area contributed by atoms with Crippen LogP contribution >= 0.6 is 15.9 Å². The number of ether oxygens (including phenoxy) is 2. The van der Waals surface area contributed by atoms with Crippen molar-refractivity contribution < 1.29 is 23.6 Å². The molecule has 0 aromatic heterocycles. The highest BCUT2D eigenvalue weighted by Crippen LogP contribution is 2.35. The van der Waals surface area contributed by atoms with E-state index in [2.05, 4.69) is 21.2 Å². The summed E-state index contributed by atoms with van der Waals surface area (Å²) in [4.78, 5) is 23.0. The van der Waals surface area contributed by atoms with Gasteiger partial charge in [-0.05, 0) is 42.8 Å².